The van der Waals surface area contributed by atoms with E-state index in [0.717, 1.165) is 55.2 Å². The summed E-state index contributed by atoms with van der Waals surface area (Å²) in [7, 11) is 0. The number of benzene rings is 3. The lowest BCUT2D eigenvalue weighted by Gasteiger charge is -2.35. The van der Waals surface area contributed by atoms with Gasteiger partial charge in [0.05, 0.1) is 0 Å². The van der Waals surface area contributed by atoms with Crippen LogP contribution < -0.4 is 10.6 Å². The SMILES string of the molecule is CCCCCCCCN(C(=O)C(Cc1ccccc1)NC(=O)OC(C)(C)C)C(C(=O)NC(Cc1ccccc1)C(=O)OC(C)(C)C)c1ccc(CC)cc1. The highest BCUT2D eigenvalue weighted by Crippen LogP contribution is 2.26. The lowest BCUT2D eigenvalue weighted by molar-refractivity contribution is -0.159. The summed E-state index contributed by atoms with van der Waals surface area (Å²) in [4.78, 5) is 58.4. The first-order valence-electron chi connectivity index (χ1n) is 19.6. The topological polar surface area (TPSA) is 114 Å². The molecular formula is C45H63N3O6. The summed E-state index contributed by atoms with van der Waals surface area (Å²) in [6.45, 7) is 15.1. The number of alkyl carbamates (subject to hydrolysis) is 1. The molecule has 9 heteroatoms. The minimum Gasteiger partial charge on any atom is -0.458 e. The number of hydrogen-bond acceptors (Lipinski definition) is 6. The van der Waals surface area contributed by atoms with E-state index in [-0.39, 0.29) is 19.4 Å². The van der Waals surface area contributed by atoms with Gasteiger partial charge in [-0.3, -0.25) is 9.59 Å². The molecule has 0 aromatic heterocycles. The van der Waals surface area contributed by atoms with Crippen LogP contribution >= 0.6 is 0 Å². The van der Waals surface area contributed by atoms with Crippen molar-refractivity contribution in [2.45, 2.75) is 143 Å². The van der Waals surface area contributed by atoms with Gasteiger partial charge in [0.2, 0.25) is 11.8 Å². The highest BCUT2D eigenvalue weighted by molar-refractivity contribution is 5.94. The van der Waals surface area contributed by atoms with Gasteiger partial charge in [-0.1, -0.05) is 131 Å². The molecule has 3 aromatic carbocycles. The molecule has 3 amide bonds. The van der Waals surface area contributed by atoms with E-state index in [1.807, 2.05) is 84.9 Å². The zero-order valence-corrected chi connectivity index (χ0v) is 33.8. The van der Waals surface area contributed by atoms with E-state index in [9.17, 15) is 14.4 Å². The second-order valence-electron chi connectivity index (χ2n) is 16.0. The van der Waals surface area contributed by atoms with Crippen LogP contribution in [0.5, 0.6) is 0 Å². The van der Waals surface area contributed by atoms with Gasteiger partial charge in [0, 0.05) is 19.4 Å². The van der Waals surface area contributed by atoms with Gasteiger partial charge in [-0.05, 0) is 76.6 Å². The third kappa shape index (κ3) is 15.4. The van der Waals surface area contributed by atoms with E-state index < -0.39 is 53.2 Å². The lowest BCUT2D eigenvalue weighted by atomic mass is 9.97. The molecule has 0 aliphatic heterocycles. The fraction of sp³-hybridized carbons (Fsp3) is 0.511. The van der Waals surface area contributed by atoms with Crippen molar-refractivity contribution in [3.63, 3.8) is 0 Å². The van der Waals surface area contributed by atoms with Crippen LogP contribution in [0.1, 0.15) is 122 Å². The molecule has 0 aliphatic rings. The Labute approximate surface area is 323 Å². The van der Waals surface area contributed by atoms with Crippen LogP contribution in [0, 0.1) is 0 Å². The molecule has 3 rings (SSSR count). The number of aryl methyl sites for hydroxylation is 1. The van der Waals surface area contributed by atoms with Gasteiger partial charge in [-0.2, -0.15) is 0 Å². The van der Waals surface area contributed by atoms with E-state index in [1.54, 1.807) is 46.4 Å². The number of amides is 3. The van der Waals surface area contributed by atoms with Crippen LogP contribution in [-0.2, 0) is 43.1 Å². The summed E-state index contributed by atoms with van der Waals surface area (Å²) in [5, 5.41) is 5.85. The van der Waals surface area contributed by atoms with Crippen LogP contribution in [0.15, 0.2) is 84.9 Å². The second kappa shape index (κ2) is 21.3. The minimum atomic E-state index is -1.11. The van der Waals surface area contributed by atoms with Crippen LogP contribution in [0.3, 0.4) is 0 Å². The highest BCUT2D eigenvalue weighted by Gasteiger charge is 2.38. The fourth-order valence-corrected chi connectivity index (χ4v) is 6.20. The summed E-state index contributed by atoms with van der Waals surface area (Å²) < 4.78 is 11.4. The van der Waals surface area contributed by atoms with Crippen molar-refractivity contribution in [1.29, 1.82) is 0 Å². The molecule has 2 N–H and O–H groups in total. The van der Waals surface area contributed by atoms with Gasteiger partial charge < -0.3 is 25.0 Å². The van der Waals surface area contributed by atoms with E-state index in [1.165, 1.54) is 0 Å². The molecule has 0 fully saturated rings. The molecular weight excluding hydrogens is 679 g/mol. The molecule has 0 saturated carbocycles. The van der Waals surface area contributed by atoms with Crippen molar-refractivity contribution in [1.82, 2.24) is 15.5 Å². The van der Waals surface area contributed by atoms with E-state index in [2.05, 4.69) is 24.5 Å². The molecule has 0 heterocycles. The molecule has 0 spiro atoms. The first-order chi connectivity index (χ1) is 25.6. The number of ether oxygens (including phenoxy) is 2. The smallest absolute Gasteiger partial charge is 0.408 e. The summed E-state index contributed by atoms with van der Waals surface area (Å²) in [6, 6.07) is 23.4. The number of nitrogens with one attached hydrogen (secondary N) is 2. The Morgan fingerprint density at radius 2 is 1.13 bits per heavy atom. The normalized spacial score (nSPS) is 13.3. The molecule has 54 heavy (non-hydrogen) atoms. The summed E-state index contributed by atoms with van der Waals surface area (Å²) in [5.74, 6) is -1.50. The van der Waals surface area contributed by atoms with Crippen LogP contribution in [0.2, 0.25) is 0 Å². The van der Waals surface area contributed by atoms with Crippen molar-refractivity contribution >= 4 is 23.9 Å². The summed E-state index contributed by atoms with van der Waals surface area (Å²) >= 11 is 0. The van der Waals surface area contributed by atoms with Crippen LogP contribution in [0.25, 0.3) is 0 Å². The van der Waals surface area contributed by atoms with Gasteiger partial charge in [-0.15, -0.1) is 0 Å². The Kier molecular flexibility index (Phi) is 17.2. The predicted molar refractivity (Wildman–Crippen MR) is 215 cm³/mol. The van der Waals surface area contributed by atoms with E-state index in [4.69, 9.17) is 9.47 Å². The molecule has 3 unspecified atom stereocenters. The monoisotopic (exact) mass is 741 g/mol. The van der Waals surface area contributed by atoms with Gasteiger partial charge in [0.25, 0.3) is 0 Å². The molecule has 0 saturated heterocycles. The number of hydrogen-bond donors (Lipinski definition) is 2. The van der Waals surface area contributed by atoms with Crippen LogP contribution in [-0.4, -0.2) is 58.6 Å². The first kappa shape index (κ1) is 43.7. The Morgan fingerprint density at radius 1 is 0.611 bits per heavy atom. The van der Waals surface area contributed by atoms with E-state index >= 15 is 4.79 Å². The van der Waals surface area contributed by atoms with E-state index in [0.29, 0.717) is 12.0 Å². The van der Waals surface area contributed by atoms with Crippen molar-refractivity contribution < 1.29 is 28.7 Å². The summed E-state index contributed by atoms with van der Waals surface area (Å²) in [6.07, 6.45) is 6.30. The Bertz CT molecular complexity index is 1600. The van der Waals surface area contributed by atoms with Gasteiger partial charge in [0.1, 0.15) is 29.3 Å². The highest BCUT2D eigenvalue weighted by atomic mass is 16.6. The Morgan fingerprint density at radius 3 is 1.65 bits per heavy atom. The number of nitrogens with zero attached hydrogens (tertiary/aromatic N) is 1. The molecule has 294 valence electrons. The number of carbonyl (C=O) groups excluding carboxylic acids is 4. The molecule has 0 bridgehead atoms. The minimum absolute atomic E-state index is 0.184. The maximum Gasteiger partial charge on any atom is 0.408 e. The molecule has 3 aromatic rings. The average molecular weight is 742 g/mol. The second-order valence-corrected chi connectivity index (χ2v) is 16.0. The standard InChI is InChI=1S/C45H63N3O6/c1-9-11-12-13-14-21-30-48(41(50)37(31-34-22-17-15-18-23-34)47-43(52)54-45(6,7)8)39(36-28-26-33(10-2)27-29-36)40(49)46-38(42(51)53-44(3,4)5)32-35-24-19-16-20-25-35/h15-20,22-29,37-39H,9-14,21,30-32H2,1-8H3,(H,46,49)(H,47,52). The Balaban J connectivity index is 2.12. The number of esters is 1. The molecule has 0 radical (unpaired) electrons. The number of carbonyl (C=O) groups is 4. The molecule has 0 aliphatic carbocycles. The Hall–Kier alpha value is -4.66. The maximum absolute atomic E-state index is 15.0. The van der Waals surface area contributed by atoms with Crippen molar-refractivity contribution in [3.8, 4) is 0 Å². The zero-order valence-electron chi connectivity index (χ0n) is 33.8. The number of rotatable bonds is 19. The van der Waals surface area contributed by atoms with Crippen molar-refractivity contribution in [2.75, 3.05) is 6.54 Å². The van der Waals surface area contributed by atoms with Gasteiger partial charge >= 0.3 is 12.1 Å². The maximum atomic E-state index is 15.0. The molecule has 3 atom stereocenters. The average Bonchev–Trinajstić information content (AvgIpc) is 3.11. The first-order valence-corrected chi connectivity index (χ1v) is 19.6. The fourth-order valence-electron chi connectivity index (χ4n) is 6.20. The van der Waals surface area contributed by atoms with Gasteiger partial charge in [0.15, 0.2) is 0 Å². The van der Waals surface area contributed by atoms with Crippen molar-refractivity contribution in [3.05, 3.63) is 107 Å². The lowest BCUT2D eigenvalue weighted by Crippen LogP contribution is -2.55. The quantitative estimate of drug-likeness (QED) is 0.0939. The van der Waals surface area contributed by atoms with Gasteiger partial charge in [-0.25, -0.2) is 9.59 Å². The van der Waals surface area contributed by atoms with Crippen LogP contribution in [0.4, 0.5) is 4.79 Å². The van der Waals surface area contributed by atoms with Crippen molar-refractivity contribution in [2.24, 2.45) is 0 Å². The largest absolute Gasteiger partial charge is 0.458 e. The summed E-state index contributed by atoms with van der Waals surface area (Å²) in [5.41, 5.74) is 1.79. The number of unbranched alkanes of at least 4 members (excludes halogenated alkanes) is 5. The zero-order chi connectivity index (χ0) is 39.7. The third-order valence-corrected chi connectivity index (χ3v) is 8.86. The predicted octanol–water partition coefficient (Wildman–Crippen LogP) is 8.68. The molecule has 9 nitrogen and oxygen atoms in total. The third-order valence-electron chi connectivity index (χ3n) is 8.86.